The van der Waals surface area contributed by atoms with Crippen molar-refractivity contribution >= 4 is 0 Å². The minimum Gasteiger partial charge on any atom is -0.309 e. The van der Waals surface area contributed by atoms with E-state index >= 15 is 0 Å². The zero-order valence-corrected chi connectivity index (χ0v) is 11.9. The molecule has 0 bridgehead atoms. The van der Waals surface area contributed by atoms with E-state index in [1.54, 1.807) is 13.0 Å². The first-order chi connectivity index (χ1) is 9.04. The predicted octanol–water partition coefficient (Wildman–Crippen LogP) is 4.06. The maximum absolute atomic E-state index is 13.7. The Bertz CT molecular complexity index is 590. The monoisotopic (exact) mass is 257 g/mol. The van der Waals surface area contributed by atoms with Crippen molar-refractivity contribution in [3.63, 3.8) is 0 Å². The molecule has 1 atom stereocenters. The van der Waals surface area contributed by atoms with E-state index in [4.69, 9.17) is 0 Å². The lowest BCUT2D eigenvalue weighted by Crippen LogP contribution is -2.19. The molecule has 0 aliphatic rings. The first-order valence-corrected chi connectivity index (χ1v) is 6.54. The predicted molar refractivity (Wildman–Crippen MR) is 78.0 cm³/mol. The number of aryl methyl sites for hydroxylation is 2. The van der Waals surface area contributed by atoms with Crippen LogP contribution < -0.4 is 5.32 Å². The molecule has 0 heterocycles. The van der Waals surface area contributed by atoms with E-state index in [1.807, 2.05) is 25.2 Å². The van der Waals surface area contributed by atoms with E-state index in [1.165, 1.54) is 16.7 Å². The van der Waals surface area contributed by atoms with Crippen molar-refractivity contribution in [3.8, 4) is 0 Å². The van der Waals surface area contributed by atoms with Crippen LogP contribution in [0, 0.1) is 26.6 Å². The summed E-state index contributed by atoms with van der Waals surface area (Å²) in [5, 5.41) is 3.28. The highest BCUT2D eigenvalue weighted by atomic mass is 19.1. The standard InChI is InChI=1S/C17H20FN/c1-11-6-5-7-15(13(11)3)17(19-4)14-9-8-12(2)16(18)10-14/h5-10,17,19H,1-4H3. The Labute approximate surface area is 114 Å². The molecule has 0 aliphatic carbocycles. The molecule has 1 nitrogen and oxygen atoms in total. The first-order valence-electron chi connectivity index (χ1n) is 6.54. The zero-order valence-electron chi connectivity index (χ0n) is 11.9. The Balaban J connectivity index is 2.50. The van der Waals surface area contributed by atoms with Crippen LogP contribution in [0.2, 0.25) is 0 Å². The Morgan fingerprint density at radius 3 is 2.37 bits per heavy atom. The van der Waals surface area contributed by atoms with Gasteiger partial charge in [-0.1, -0.05) is 30.3 Å². The van der Waals surface area contributed by atoms with Crippen molar-refractivity contribution in [1.82, 2.24) is 5.32 Å². The second-order valence-corrected chi connectivity index (χ2v) is 5.02. The van der Waals surface area contributed by atoms with Crippen LogP contribution in [0.1, 0.15) is 33.9 Å². The summed E-state index contributed by atoms with van der Waals surface area (Å²) in [6.45, 7) is 5.99. The average molecular weight is 257 g/mol. The molecule has 19 heavy (non-hydrogen) atoms. The van der Waals surface area contributed by atoms with Crippen LogP contribution in [0.15, 0.2) is 36.4 Å². The van der Waals surface area contributed by atoms with Crippen molar-refractivity contribution in [3.05, 3.63) is 70.0 Å². The van der Waals surface area contributed by atoms with Gasteiger partial charge in [0.1, 0.15) is 5.82 Å². The fourth-order valence-electron chi connectivity index (χ4n) is 2.38. The molecular weight excluding hydrogens is 237 g/mol. The quantitative estimate of drug-likeness (QED) is 0.874. The number of halogens is 1. The maximum Gasteiger partial charge on any atom is 0.126 e. The van der Waals surface area contributed by atoms with E-state index in [9.17, 15) is 4.39 Å². The molecule has 2 heteroatoms. The number of benzene rings is 2. The molecule has 0 amide bonds. The van der Waals surface area contributed by atoms with Gasteiger partial charge in [0.05, 0.1) is 6.04 Å². The van der Waals surface area contributed by atoms with E-state index in [2.05, 4.69) is 31.3 Å². The lowest BCUT2D eigenvalue weighted by Gasteiger charge is -2.21. The summed E-state index contributed by atoms with van der Waals surface area (Å²) in [7, 11) is 1.91. The minimum atomic E-state index is -0.150. The second kappa shape index (κ2) is 5.54. The molecule has 2 aromatic rings. The molecular formula is C17H20FN. The van der Waals surface area contributed by atoms with Crippen LogP contribution in [-0.4, -0.2) is 7.05 Å². The molecule has 2 rings (SSSR count). The third kappa shape index (κ3) is 2.69. The van der Waals surface area contributed by atoms with E-state index < -0.39 is 0 Å². The molecule has 0 aliphatic heterocycles. The lowest BCUT2D eigenvalue weighted by molar-refractivity contribution is 0.608. The summed E-state index contributed by atoms with van der Waals surface area (Å²) < 4.78 is 13.7. The summed E-state index contributed by atoms with van der Waals surface area (Å²) in [4.78, 5) is 0. The van der Waals surface area contributed by atoms with Gasteiger partial charge >= 0.3 is 0 Å². The van der Waals surface area contributed by atoms with Gasteiger partial charge in [0.25, 0.3) is 0 Å². The Hall–Kier alpha value is -1.67. The molecule has 0 spiro atoms. The van der Waals surface area contributed by atoms with Crippen LogP contribution >= 0.6 is 0 Å². The average Bonchev–Trinajstić information content (AvgIpc) is 2.39. The minimum absolute atomic E-state index is 0.0231. The Morgan fingerprint density at radius 2 is 1.74 bits per heavy atom. The van der Waals surface area contributed by atoms with Gasteiger partial charge in [-0.25, -0.2) is 4.39 Å². The fourth-order valence-corrected chi connectivity index (χ4v) is 2.38. The third-order valence-electron chi connectivity index (χ3n) is 3.78. The Morgan fingerprint density at radius 1 is 1.00 bits per heavy atom. The van der Waals surface area contributed by atoms with Crippen molar-refractivity contribution in [2.45, 2.75) is 26.8 Å². The van der Waals surface area contributed by atoms with E-state index in [-0.39, 0.29) is 11.9 Å². The van der Waals surface area contributed by atoms with Crippen LogP contribution in [0.4, 0.5) is 4.39 Å². The van der Waals surface area contributed by atoms with Crippen molar-refractivity contribution in [2.75, 3.05) is 7.05 Å². The van der Waals surface area contributed by atoms with Gasteiger partial charge in [0.15, 0.2) is 0 Å². The summed E-state index contributed by atoms with van der Waals surface area (Å²) >= 11 is 0. The van der Waals surface area contributed by atoms with Crippen LogP contribution in [0.25, 0.3) is 0 Å². The number of nitrogens with one attached hydrogen (secondary N) is 1. The molecule has 1 N–H and O–H groups in total. The molecule has 2 aromatic carbocycles. The Kier molecular flexibility index (Phi) is 4.01. The molecule has 0 saturated heterocycles. The number of hydrogen-bond donors (Lipinski definition) is 1. The zero-order chi connectivity index (χ0) is 14.0. The van der Waals surface area contributed by atoms with E-state index in [0.717, 1.165) is 5.56 Å². The molecule has 0 saturated carbocycles. The van der Waals surface area contributed by atoms with Crippen molar-refractivity contribution < 1.29 is 4.39 Å². The maximum atomic E-state index is 13.7. The van der Waals surface area contributed by atoms with Gasteiger partial charge in [-0.15, -0.1) is 0 Å². The largest absolute Gasteiger partial charge is 0.309 e. The lowest BCUT2D eigenvalue weighted by atomic mass is 9.92. The third-order valence-corrected chi connectivity index (χ3v) is 3.78. The second-order valence-electron chi connectivity index (χ2n) is 5.02. The van der Waals surface area contributed by atoms with Crippen LogP contribution in [0.5, 0.6) is 0 Å². The summed E-state index contributed by atoms with van der Waals surface area (Å²) in [5.41, 5.74) is 5.35. The topological polar surface area (TPSA) is 12.0 Å². The highest BCUT2D eigenvalue weighted by molar-refractivity contribution is 5.41. The van der Waals surface area contributed by atoms with Gasteiger partial charge in [-0.05, 0) is 61.7 Å². The summed E-state index contributed by atoms with van der Waals surface area (Å²) in [6, 6.07) is 11.7. The molecule has 100 valence electrons. The number of rotatable bonds is 3. The van der Waals surface area contributed by atoms with Gasteiger partial charge in [-0.3, -0.25) is 0 Å². The number of hydrogen-bond acceptors (Lipinski definition) is 1. The fraction of sp³-hybridized carbons (Fsp3) is 0.294. The smallest absolute Gasteiger partial charge is 0.126 e. The van der Waals surface area contributed by atoms with Crippen LogP contribution in [0.3, 0.4) is 0 Å². The SMILES string of the molecule is CNC(c1ccc(C)c(F)c1)c1cccc(C)c1C. The normalized spacial score (nSPS) is 12.5. The highest BCUT2D eigenvalue weighted by Crippen LogP contribution is 2.27. The van der Waals surface area contributed by atoms with Gasteiger partial charge in [-0.2, -0.15) is 0 Å². The van der Waals surface area contributed by atoms with Gasteiger partial charge < -0.3 is 5.32 Å². The summed E-state index contributed by atoms with van der Waals surface area (Å²) in [6.07, 6.45) is 0. The van der Waals surface area contributed by atoms with Crippen LogP contribution in [-0.2, 0) is 0 Å². The van der Waals surface area contributed by atoms with Gasteiger partial charge in [0.2, 0.25) is 0 Å². The molecule has 0 fully saturated rings. The van der Waals surface area contributed by atoms with Crippen molar-refractivity contribution in [1.29, 1.82) is 0 Å². The van der Waals surface area contributed by atoms with E-state index in [0.29, 0.717) is 5.56 Å². The first kappa shape index (κ1) is 13.8. The highest BCUT2D eigenvalue weighted by Gasteiger charge is 2.15. The van der Waals surface area contributed by atoms with Crippen molar-refractivity contribution in [2.24, 2.45) is 0 Å². The summed E-state index contributed by atoms with van der Waals surface area (Å²) in [5.74, 6) is -0.150. The molecule has 0 aromatic heterocycles. The molecule has 0 radical (unpaired) electrons. The van der Waals surface area contributed by atoms with Gasteiger partial charge in [0, 0.05) is 0 Å². The molecule has 1 unspecified atom stereocenters.